The number of phenols is 1. The van der Waals surface area contributed by atoms with Gasteiger partial charge in [0.1, 0.15) is 17.5 Å². The van der Waals surface area contributed by atoms with E-state index in [0.29, 0.717) is 82.5 Å². The lowest BCUT2D eigenvalue weighted by Gasteiger charge is -2.18. The smallest absolute Gasteiger partial charge is 0.231 e. The number of aromatic nitrogens is 6. The zero-order valence-corrected chi connectivity index (χ0v) is 38.6. The Hall–Kier alpha value is -6.94. The zero-order valence-electron chi connectivity index (χ0n) is 35.4. The van der Waals surface area contributed by atoms with Crippen LogP contribution in [0, 0.1) is 6.92 Å². The summed E-state index contributed by atoms with van der Waals surface area (Å²) in [5, 5.41) is 9.85. The fourth-order valence-corrected chi connectivity index (χ4v) is 6.00. The number of aromatic hydroxyl groups is 1. The zero-order chi connectivity index (χ0) is 46.2. The Morgan fingerprint density at radius 3 is 1.13 bits per heavy atom. The third-order valence-electron chi connectivity index (χ3n) is 8.92. The molecule has 0 saturated heterocycles. The fraction of sp³-hybridized carbons (Fsp3) is 0.268. The molecule has 6 rings (SSSR count). The maximum absolute atomic E-state index is 9.85. The van der Waals surface area contributed by atoms with Gasteiger partial charge in [-0.2, -0.15) is 15.0 Å². The van der Waals surface area contributed by atoms with E-state index in [9.17, 15) is 5.11 Å². The molecule has 0 aliphatic carbocycles. The minimum atomic E-state index is -0.139. The van der Waals surface area contributed by atoms with Gasteiger partial charge >= 0.3 is 0 Å². The largest absolute Gasteiger partial charge is 0.502 e. The number of aryl methyl sites for hydroxylation is 1. The van der Waals surface area contributed by atoms with Gasteiger partial charge in [-0.3, -0.25) is 0 Å². The molecule has 63 heavy (non-hydrogen) atoms. The van der Waals surface area contributed by atoms with E-state index in [1.165, 1.54) is 28.4 Å². The highest BCUT2D eigenvalue weighted by Gasteiger charge is 2.18. The predicted molar refractivity (Wildman–Crippen MR) is 248 cm³/mol. The summed E-state index contributed by atoms with van der Waals surface area (Å²) in [5.41, 5.74) is 40.1. The van der Waals surface area contributed by atoms with E-state index in [2.05, 4.69) is 61.8 Å². The molecule has 13 N–H and O–H groups in total. The minimum absolute atomic E-state index is 0.0414. The Balaban J connectivity index is 0.000000316. The first-order valence-corrected chi connectivity index (χ1v) is 20.8. The van der Waals surface area contributed by atoms with Crippen LogP contribution in [0.4, 0.5) is 35.3 Å². The Kier molecular flexibility index (Phi) is 18.0. The highest BCUT2D eigenvalue weighted by Crippen LogP contribution is 2.41. The molecule has 3 heterocycles. The van der Waals surface area contributed by atoms with E-state index in [4.69, 9.17) is 67.6 Å². The number of alkyl halides is 2. The van der Waals surface area contributed by atoms with Gasteiger partial charge in [-0.05, 0) is 59.5 Å². The number of nitrogens with zero attached hydrogens (tertiary/aromatic N) is 6. The Morgan fingerprint density at radius 1 is 0.492 bits per heavy atom. The third kappa shape index (κ3) is 13.3. The van der Waals surface area contributed by atoms with Crippen molar-refractivity contribution in [2.45, 2.75) is 26.2 Å². The number of hydrogen-bond donors (Lipinski definition) is 7. The number of phenolic OH excluding ortho intramolecular Hbond substituents is 1. The van der Waals surface area contributed by atoms with Gasteiger partial charge in [0.25, 0.3) is 0 Å². The molecule has 0 aliphatic heterocycles. The molecule has 0 saturated carbocycles. The number of ether oxygens (including phenoxy) is 7. The molecule has 3 aromatic carbocycles. The number of rotatable bonds is 15. The number of halogens is 2. The monoisotopic (exact) mass is 996 g/mol. The molecule has 0 bridgehead atoms. The van der Waals surface area contributed by atoms with Crippen molar-refractivity contribution in [2.75, 3.05) is 81.0 Å². The van der Waals surface area contributed by atoms with Crippen molar-refractivity contribution in [3.8, 4) is 46.0 Å². The summed E-state index contributed by atoms with van der Waals surface area (Å²) < 4.78 is 39.8. The molecule has 20 nitrogen and oxygen atoms in total. The standard InChI is InChI=1S/C27H32N8O5.C13H16N4O3.CH2Br2/c1-14-5-15(6-17-11-32-26(30)34-24(17)28)8-19(36-2)22(14)39-13-40-23-20(37-3)9-16(10-21(23)38-4)7-18-12-33-27(31)35-25(18)29;1-19-9-4-7(5-10(20-2)11(9)18)3-8-6-16-13(15)17-12(8)14;2-1-3/h5,8-12H,6-7,13H2,1-4H3,(H4,28,30,32,34)(H4,29,31,33,35);4-6,18H,3H2,1-2H3,(H4,14,15,16,17);1H2. The highest BCUT2D eigenvalue weighted by molar-refractivity contribution is 9.24. The summed E-state index contributed by atoms with van der Waals surface area (Å²) in [5.74, 6) is 4.29. The van der Waals surface area contributed by atoms with Crippen molar-refractivity contribution < 1.29 is 38.3 Å². The van der Waals surface area contributed by atoms with Gasteiger partial charge in [-0.1, -0.05) is 37.9 Å². The Bertz CT molecular complexity index is 2440. The second-order valence-corrected chi connectivity index (χ2v) is 15.7. The quantitative estimate of drug-likeness (QED) is 0.0512. The van der Waals surface area contributed by atoms with Crippen molar-refractivity contribution in [1.29, 1.82) is 0 Å². The number of nitrogen functional groups attached to an aromatic ring is 6. The summed E-state index contributed by atoms with van der Waals surface area (Å²) in [6.07, 6.45) is 6.18. The van der Waals surface area contributed by atoms with Crippen molar-refractivity contribution in [2.24, 2.45) is 0 Å². The molecule has 3 aromatic heterocycles. The van der Waals surface area contributed by atoms with Crippen molar-refractivity contribution in [3.63, 3.8) is 0 Å². The molecule has 0 fully saturated rings. The second-order valence-electron chi connectivity index (χ2n) is 13.1. The molecule has 6 aromatic rings. The first-order valence-electron chi connectivity index (χ1n) is 18.5. The number of hydrogen-bond acceptors (Lipinski definition) is 20. The lowest BCUT2D eigenvalue weighted by Crippen LogP contribution is -2.10. The van der Waals surface area contributed by atoms with Crippen LogP contribution in [0.5, 0.6) is 46.0 Å². The SMILES string of the molecule is BrCBr.COc1cc(Cc2cnc(N)nc2N)cc(C)c1OCOc1c(OC)cc(Cc2cnc(N)nc2N)cc1OC.COc1cc(Cc2cnc(N)nc2N)cc(OC)c1O. The first kappa shape index (κ1) is 48.7. The Labute approximate surface area is 380 Å². The van der Waals surface area contributed by atoms with Gasteiger partial charge in [-0.15, -0.1) is 0 Å². The Morgan fingerprint density at radius 2 is 0.794 bits per heavy atom. The lowest BCUT2D eigenvalue weighted by molar-refractivity contribution is 0.108. The average molecular weight is 999 g/mol. The maximum atomic E-state index is 9.85. The molecule has 0 amide bonds. The lowest BCUT2D eigenvalue weighted by atomic mass is 10.0. The van der Waals surface area contributed by atoms with Crippen LogP contribution in [-0.4, -0.2) is 81.6 Å². The molecule has 336 valence electrons. The average Bonchev–Trinajstić information content (AvgIpc) is 3.25. The van der Waals surface area contributed by atoms with E-state index in [-0.39, 0.29) is 30.4 Å². The number of anilines is 6. The second kappa shape index (κ2) is 23.3. The van der Waals surface area contributed by atoms with Gasteiger partial charge in [0.15, 0.2) is 34.5 Å². The van der Waals surface area contributed by atoms with Crippen LogP contribution in [0.15, 0.2) is 55.0 Å². The van der Waals surface area contributed by atoms with Gasteiger partial charge < -0.3 is 72.7 Å². The van der Waals surface area contributed by atoms with Gasteiger partial charge in [0, 0.05) is 54.5 Å². The summed E-state index contributed by atoms with van der Waals surface area (Å²) in [4.78, 5) is 23.9. The summed E-state index contributed by atoms with van der Waals surface area (Å²) in [7, 11) is 7.59. The first-order chi connectivity index (χ1) is 30.2. The summed E-state index contributed by atoms with van der Waals surface area (Å²) in [6, 6.07) is 10.9. The van der Waals surface area contributed by atoms with Crippen LogP contribution in [0.1, 0.15) is 38.9 Å². The van der Waals surface area contributed by atoms with E-state index in [1.54, 1.807) is 37.8 Å². The van der Waals surface area contributed by atoms with Crippen LogP contribution >= 0.6 is 31.9 Å². The fourth-order valence-electron chi connectivity index (χ4n) is 6.00. The van der Waals surface area contributed by atoms with Gasteiger partial charge in [-0.25, -0.2) is 15.0 Å². The molecule has 0 unspecified atom stereocenters. The third-order valence-corrected chi connectivity index (χ3v) is 8.92. The predicted octanol–water partition coefficient (Wildman–Crippen LogP) is 5.21. The van der Waals surface area contributed by atoms with E-state index >= 15 is 0 Å². The van der Waals surface area contributed by atoms with E-state index < -0.39 is 0 Å². The van der Waals surface area contributed by atoms with E-state index in [1.807, 2.05) is 31.2 Å². The van der Waals surface area contributed by atoms with Gasteiger partial charge in [0.2, 0.25) is 36.1 Å². The van der Waals surface area contributed by atoms with Gasteiger partial charge in [0.05, 0.1) is 39.8 Å². The summed E-state index contributed by atoms with van der Waals surface area (Å²) in [6.45, 7) is 1.77. The van der Waals surface area contributed by atoms with Crippen LogP contribution in [0.3, 0.4) is 0 Å². The molecule has 0 radical (unpaired) electrons. The maximum Gasteiger partial charge on any atom is 0.231 e. The van der Waals surface area contributed by atoms with Crippen molar-refractivity contribution in [1.82, 2.24) is 29.9 Å². The molecular weight excluding hydrogens is 948 g/mol. The van der Waals surface area contributed by atoms with Crippen LogP contribution < -0.4 is 67.6 Å². The number of methoxy groups -OCH3 is 5. The van der Waals surface area contributed by atoms with Crippen LogP contribution in [0.25, 0.3) is 0 Å². The molecule has 0 aliphatic rings. The normalized spacial score (nSPS) is 10.3. The molecule has 0 spiro atoms. The number of nitrogens with two attached hydrogens (primary N) is 6. The minimum Gasteiger partial charge on any atom is -0.502 e. The summed E-state index contributed by atoms with van der Waals surface area (Å²) >= 11 is 6.12. The highest BCUT2D eigenvalue weighted by atomic mass is 79.9. The van der Waals surface area contributed by atoms with Crippen LogP contribution in [-0.2, 0) is 19.3 Å². The van der Waals surface area contributed by atoms with Crippen molar-refractivity contribution in [3.05, 3.63) is 93.9 Å². The molecular formula is C41H50Br2N12O8. The molecule has 22 heteroatoms. The van der Waals surface area contributed by atoms with Crippen LogP contribution in [0.2, 0.25) is 0 Å². The number of benzene rings is 3. The van der Waals surface area contributed by atoms with E-state index in [0.717, 1.165) is 37.6 Å². The van der Waals surface area contributed by atoms with Crippen molar-refractivity contribution >= 4 is 67.2 Å². The topological polar surface area (TPSA) is 318 Å². The molecule has 0 atom stereocenters.